The number of aliphatic hydroxyl groups is 2. The van der Waals surface area contributed by atoms with E-state index < -0.39 is 83.5 Å². The van der Waals surface area contributed by atoms with Crippen LogP contribution in [0.1, 0.15) is 95.6 Å². The Bertz CT molecular complexity index is 2320. The van der Waals surface area contributed by atoms with Gasteiger partial charge in [0.05, 0.1) is 12.2 Å². The minimum atomic E-state index is -1.43. The van der Waals surface area contributed by atoms with E-state index in [0.29, 0.717) is 29.7 Å². The highest BCUT2D eigenvalue weighted by molar-refractivity contribution is 6.13. The Morgan fingerprint density at radius 1 is 0.938 bits per heavy atom. The summed E-state index contributed by atoms with van der Waals surface area (Å²) in [5, 5.41) is 40.7. The number of carbonyl (C=O) groups is 7. The van der Waals surface area contributed by atoms with Gasteiger partial charge in [0.15, 0.2) is 23.5 Å². The van der Waals surface area contributed by atoms with E-state index in [1.54, 1.807) is 42.5 Å². The van der Waals surface area contributed by atoms with Crippen molar-refractivity contribution in [3.63, 3.8) is 0 Å². The molecule has 0 aromatic heterocycles. The first-order valence-electron chi connectivity index (χ1n) is 22.4. The van der Waals surface area contributed by atoms with E-state index in [0.717, 1.165) is 47.5 Å². The lowest BCUT2D eigenvalue weighted by atomic mass is 9.51. The Hall–Kier alpha value is -5.81. The first-order valence-corrected chi connectivity index (χ1v) is 22.4. The molecular formula is C49H58N4O12. The second-order valence-corrected chi connectivity index (χ2v) is 18.1. The average Bonchev–Trinajstić information content (AvgIpc) is 3.82. The second kappa shape index (κ2) is 19.3. The predicted molar refractivity (Wildman–Crippen MR) is 235 cm³/mol. The monoisotopic (exact) mass is 894 g/mol. The Balaban J connectivity index is 0.961. The van der Waals surface area contributed by atoms with Gasteiger partial charge in [-0.15, -0.1) is 0 Å². The highest BCUT2D eigenvalue weighted by atomic mass is 16.7. The molecule has 6 N–H and O–H groups in total. The molecule has 5 aliphatic rings. The number of ketones is 2. The standard InChI is InChI=1S/C49H58N4O12/c1-5-49(39(58)26-54)40(24-30-11-14-37(56)44-36(30)13-12-33-25-35(55)17-19-48(33,44)4)64-47(65-49)32-10-9-31(38(57)23-32)21-29-7-6-8-34(22-29)52-46(63)28(3)51-45(62)27(2)50-41(59)18-20-53-42(60)15-16-43(53)61/h6-10,15-17,19,22-23,25,27-28,30,36-37,40,44,47,54,56-57H,5,11-14,18,20-21,24,26H2,1-4H3,(H,50,59)(H,51,62)(H,52,63)/t27-,28-,30-,36?,37?,40+,44+,47?,48?,49+/m0/s1. The van der Waals surface area contributed by atoms with Crippen molar-refractivity contribution in [1.29, 1.82) is 0 Å². The molecule has 5 amide bonds. The van der Waals surface area contributed by atoms with Crippen LogP contribution in [-0.2, 0) is 49.5 Å². The summed E-state index contributed by atoms with van der Waals surface area (Å²) in [6, 6.07) is 10.0. The number of imide groups is 1. The van der Waals surface area contributed by atoms with Gasteiger partial charge in [-0.05, 0) is 106 Å². The van der Waals surface area contributed by atoms with Gasteiger partial charge in [-0.3, -0.25) is 38.5 Å². The molecule has 2 heterocycles. The van der Waals surface area contributed by atoms with Gasteiger partial charge in [-0.1, -0.05) is 49.8 Å². The zero-order valence-electron chi connectivity index (χ0n) is 37.1. The van der Waals surface area contributed by atoms with Crippen LogP contribution in [0.15, 0.2) is 78.4 Å². The third kappa shape index (κ3) is 9.76. The largest absolute Gasteiger partial charge is 0.508 e. The van der Waals surface area contributed by atoms with Gasteiger partial charge < -0.3 is 40.7 Å². The minimum Gasteiger partial charge on any atom is -0.508 e. The third-order valence-corrected chi connectivity index (χ3v) is 14.1. The van der Waals surface area contributed by atoms with Crippen LogP contribution < -0.4 is 16.0 Å². The van der Waals surface area contributed by atoms with E-state index in [-0.39, 0.29) is 55.1 Å². The van der Waals surface area contributed by atoms with Crippen LogP contribution in [0.3, 0.4) is 0 Å². The summed E-state index contributed by atoms with van der Waals surface area (Å²) in [4.78, 5) is 88.5. The van der Waals surface area contributed by atoms with Crippen LogP contribution in [0, 0.1) is 23.2 Å². The van der Waals surface area contributed by atoms with Gasteiger partial charge in [0.1, 0.15) is 24.4 Å². The third-order valence-electron chi connectivity index (χ3n) is 14.1. The number of Topliss-reactive ketones (excluding diaryl/α,β-unsaturated/α-hetero) is 1. The highest BCUT2D eigenvalue weighted by Crippen LogP contribution is 2.58. The number of amides is 5. The van der Waals surface area contributed by atoms with Crippen LogP contribution in [0.2, 0.25) is 0 Å². The van der Waals surface area contributed by atoms with E-state index in [9.17, 15) is 48.9 Å². The summed E-state index contributed by atoms with van der Waals surface area (Å²) in [6.07, 6.45) is 8.86. The summed E-state index contributed by atoms with van der Waals surface area (Å²) in [7, 11) is 0. The molecule has 0 bridgehead atoms. The molecule has 346 valence electrons. The van der Waals surface area contributed by atoms with Crippen LogP contribution >= 0.6 is 0 Å². The summed E-state index contributed by atoms with van der Waals surface area (Å²) in [5.74, 6) is -3.19. The zero-order valence-corrected chi connectivity index (χ0v) is 37.1. The van der Waals surface area contributed by atoms with Gasteiger partial charge in [0, 0.05) is 54.1 Å². The number of fused-ring (bicyclic) bond motifs is 3. The number of rotatable bonds is 16. The van der Waals surface area contributed by atoms with Crippen LogP contribution in [-0.4, -0.2) is 104 Å². The number of carbonyl (C=O) groups excluding carboxylic acids is 7. The Morgan fingerprint density at radius 2 is 1.68 bits per heavy atom. The van der Waals surface area contributed by atoms with Crippen molar-refractivity contribution in [3.8, 4) is 5.75 Å². The van der Waals surface area contributed by atoms with Gasteiger partial charge in [0.2, 0.25) is 17.7 Å². The number of hydrogen-bond acceptors (Lipinski definition) is 12. The predicted octanol–water partition coefficient (Wildman–Crippen LogP) is 3.63. The number of nitrogens with zero attached hydrogens (tertiary/aromatic N) is 1. The van der Waals surface area contributed by atoms with E-state index in [4.69, 9.17) is 9.47 Å². The van der Waals surface area contributed by atoms with E-state index in [1.165, 1.54) is 19.9 Å². The smallest absolute Gasteiger partial charge is 0.253 e. The lowest BCUT2D eigenvalue weighted by molar-refractivity contribution is -0.150. The fourth-order valence-corrected chi connectivity index (χ4v) is 10.5. The maximum Gasteiger partial charge on any atom is 0.253 e. The summed E-state index contributed by atoms with van der Waals surface area (Å²) < 4.78 is 13.1. The number of allylic oxidation sites excluding steroid dienone is 4. The van der Waals surface area contributed by atoms with E-state index in [2.05, 4.69) is 22.9 Å². The van der Waals surface area contributed by atoms with Gasteiger partial charge >= 0.3 is 0 Å². The normalized spacial score (nSPS) is 29.1. The summed E-state index contributed by atoms with van der Waals surface area (Å²) in [5.41, 5.74) is 1.41. The molecule has 1 saturated heterocycles. The molecule has 16 heteroatoms. The molecule has 3 aliphatic carbocycles. The van der Waals surface area contributed by atoms with Crippen molar-refractivity contribution in [3.05, 3.63) is 95.1 Å². The Labute approximate surface area is 377 Å². The molecule has 10 atom stereocenters. The van der Waals surface area contributed by atoms with Gasteiger partial charge in [-0.25, -0.2) is 0 Å². The number of aliphatic hydroxyl groups excluding tert-OH is 2. The molecule has 2 aromatic rings. The molecule has 7 rings (SSSR count). The molecule has 3 fully saturated rings. The molecule has 0 spiro atoms. The van der Waals surface area contributed by atoms with Crippen LogP contribution in [0.4, 0.5) is 5.69 Å². The Kier molecular flexibility index (Phi) is 14.0. The molecule has 2 aromatic carbocycles. The van der Waals surface area contributed by atoms with E-state index >= 15 is 0 Å². The maximum atomic E-state index is 13.6. The SMILES string of the molecule is CC[C@]1(C(=O)CO)OC(c2ccc(Cc3cccc(NC(=O)[C@H](C)NC(=O)[C@H](C)NC(=O)CCN4C(=O)C=CC4=O)c3)c(O)c2)O[C@@H]1C[C@@H]1CCC(O)[C@H]2C1CCC1=CC(=O)C=CC12C. The number of phenolic OH excluding ortho intramolecular Hbond substituents is 1. The lowest BCUT2D eigenvalue weighted by Crippen LogP contribution is -2.53. The molecule has 0 radical (unpaired) electrons. The molecule has 2 aliphatic heterocycles. The number of hydrogen-bond donors (Lipinski definition) is 6. The molecule has 2 saturated carbocycles. The molecule has 4 unspecified atom stereocenters. The number of nitrogens with one attached hydrogen (secondary N) is 3. The number of ether oxygens (including phenoxy) is 2. The number of phenols is 1. The fraction of sp³-hybridized carbons (Fsp3) is 0.490. The van der Waals surface area contributed by atoms with Crippen molar-refractivity contribution in [2.45, 2.75) is 115 Å². The van der Waals surface area contributed by atoms with Crippen LogP contribution in [0.5, 0.6) is 5.75 Å². The number of anilines is 1. The second-order valence-electron chi connectivity index (χ2n) is 18.1. The quantitative estimate of drug-likeness (QED) is 0.133. The lowest BCUT2D eigenvalue weighted by Gasteiger charge is -2.54. The molecular weight excluding hydrogens is 837 g/mol. The summed E-state index contributed by atoms with van der Waals surface area (Å²) in [6.45, 7) is 6.00. The minimum absolute atomic E-state index is 0.0369. The van der Waals surface area contributed by atoms with Crippen LogP contribution in [0.25, 0.3) is 0 Å². The van der Waals surface area contributed by atoms with Crippen molar-refractivity contribution in [2.24, 2.45) is 23.2 Å². The summed E-state index contributed by atoms with van der Waals surface area (Å²) >= 11 is 0. The van der Waals surface area contributed by atoms with Crippen molar-refractivity contribution < 1.29 is 58.4 Å². The highest BCUT2D eigenvalue weighted by Gasteiger charge is 2.57. The van der Waals surface area contributed by atoms with Crippen molar-refractivity contribution in [2.75, 3.05) is 18.5 Å². The number of aromatic hydroxyl groups is 1. The van der Waals surface area contributed by atoms with Crippen molar-refractivity contribution >= 4 is 46.8 Å². The Morgan fingerprint density at radius 3 is 2.38 bits per heavy atom. The van der Waals surface area contributed by atoms with Crippen molar-refractivity contribution in [1.82, 2.24) is 15.5 Å². The maximum absolute atomic E-state index is 13.6. The van der Waals surface area contributed by atoms with E-state index in [1.807, 2.05) is 19.1 Å². The van der Waals surface area contributed by atoms with Gasteiger partial charge in [0.25, 0.3) is 11.8 Å². The molecule has 65 heavy (non-hydrogen) atoms. The number of benzene rings is 2. The fourth-order valence-electron chi connectivity index (χ4n) is 10.5. The van der Waals surface area contributed by atoms with Gasteiger partial charge in [-0.2, -0.15) is 0 Å². The first kappa shape index (κ1) is 47.2. The zero-order chi connectivity index (χ0) is 46.8. The average molecular weight is 895 g/mol. The molecule has 16 nitrogen and oxygen atoms in total. The first-order chi connectivity index (χ1) is 31.0. The topological polar surface area (TPSA) is 238 Å².